The molecule has 0 atom stereocenters. The van der Waals surface area contributed by atoms with Gasteiger partial charge in [-0.2, -0.15) is 0 Å². The van der Waals surface area contributed by atoms with Gasteiger partial charge in [0, 0.05) is 35.7 Å². The highest BCUT2D eigenvalue weighted by Crippen LogP contribution is 2.20. The minimum absolute atomic E-state index is 0.320. The summed E-state index contributed by atoms with van der Waals surface area (Å²) in [5.41, 5.74) is 13.3. The number of nitrogens with zero attached hydrogens (tertiary/aromatic N) is 2. The minimum atomic E-state index is -0.320. The highest BCUT2D eigenvalue weighted by Gasteiger charge is 2.25. The first-order valence-electron chi connectivity index (χ1n) is 8.20. The molecule has 4 N–H and O–H groups in total. The molecule has 0 spiro atoms. The lowest BCUT2D eigenvalue weighted by molar-refractivity contribution is -0.121. The summed E-state index contributed by atoms with van der Waals surface area (Å²) in [5, 5.41) is 0. The Morgan fingerprint density at radius 1 is 0.464 bits per heavy atom. The summed E-state index contributed by atoms with van der Waals surface area (Å²) in [5.74, 6) is -1.28. The Kier molecular flexibility index (Phi) is 5.03. The van der Waals surface area contributed by atoms with E-state index in [-0.39, 0.29) is 23.6 Å². The highest BCUT2D eigenvalue weighted by molar-refractivity contribution is 6.28. The fourth-order valence-corrected chi connectivity index (χ4v) is 2.56. The molecule has 4 rings (SSSR count). The molecular weight excluding hydrogens is 360 g/mol. The van der Waals surface area contributed by atoms with Crippen LogP contribution in [0, 0.1) is 0 Å². The number of rotatable bonds is 2. The number of hydrogen-bond acceptors (Lipinski definition) is 6. The smallest absolute Gasteiger partial charge is 0.258 e. The van der Waals surface area contributed by atoms with Crippen molar-refractivity contribution in [2.45, 2.75) is 0 Å². The van der Waals surface area contributed by atoms with E-state index >= 15 is 0 Å². The van der Waals surface area contributed by atoms with Crippen LogP contribution in [0.4, 0.5) is 22.7 Å². The number of carbonyl (C=O) groups is 4. The third-order valence-corrected chi connectivity index (χ3v) is 3.92. The van der Waals surface area contributed by atoms with Crippen LogP contribution in [0.5, 0.6) is 0 Å². The van der Waals surface area contributed by atoms with Gasteiger partial charge in [0.25, 0.3) is 23.6 Å². The molecule has 2 aliphatic rings. The molecule has 8 nitrogen and oxygen atoms in total. The summed E-state index contributed by atoms with van der Waals surface area (Å²) in [4.78, 5) is 47.2. The van der Waals surface area contributed by atoms with Gasteiger partial charge in [-0.1, -0.05) is 0 Å². The number of amides is 4. The second kappa shape index (κ2) is 7.58. The molecule has 0 saturated heterocycles. The lowest BCUT2D eigenvalue weighted by Gasteiger charge is -2.13. The van der Waals surface area contributed by atoms with Crippen molar-refractivity contribution >= 4 is 46.4 Å². The molecule has 0 saturated carbocycles. The van der Waals surface area contributed by atoms with Crippen molar-refractivity contribution in [3.63, 3.8) is 0 Å². The monoisotopic (exact) mass is 376 g/mol. The first-order chi connectivity index (χ1) is 13.4. The van der Waals surface area contributed by atoms with Crippen molar-refractivity contribution < 1.29 is 19.2 Å². The van der Waals surface area contributed by atoms with Crippen LogP contribution in [0.1, 0.15) is 0 Å². The van der Waals surface area contributed by atoms with Gasteiger partial charge in [-0.25, -0.2) is 9.80 Å². The zero-order valence-corrected chi connectivity index (χ0v) is 14.6. The Morgan fingerprint density at radius 3 is 0.964 bits per heavy atom. The van der Waals surface area contributed by atoms with E-state index in [0.29, 0.717) is 22.7 Å². The van der Waals surface area contributed by atoms with E-state index in [0.717, 1.165) is 9.80 Å². The van der Waals surface area contributed by atoms with Crippen LogP contribution in [0.2, 0.25) is 0 Å². The molecule has 4 amide bonds. The average molecular weight is 376 g/mol. The summed E-state index contributed by atoms with van der Waals surface area (Å²) in [6.45, 7) is 0. The van der Waals surface area contributed by atoms with Gasteiger partial charge in [-0.15, -0.1) is 0 Å². The lowest BCUT2D eigenvalue weighted by atomic mass is 10.2. The van der Waals surface area contributed by atoms with Crippen LogP contribution < -0.4 is 21.3 Å². The number of carbonyl (C=O) groups excluding carboxylic acids is 4. The van der Waals surface area contributed by atoms with E-state index in [4.69, 9.17) is 11.5 Å². The fraction of sp³-hybridized carbons (Fsp3) is 0. The van der Waals surface area contributed by atoms with Gasteiger partial charge < -0.3 is 11.5 Å². The van der Waals surface area contributed by atoms with Gasteiger partial charge in [-0.3, -0.25) is 19.2 Å². The second-order valence-electron chi connectivity index (χ2n) is 5.87. The average Bonchev–Trinajstić information content (AvgIpc) is 3.19. The number of hydrogen-bond donors (Lipinski definition) is 2. The van der Waals surface area contributed by atoms with Crippen LogP contribution in [-0.2, 0) is 19.2 Å². The molecular formula is C20H16N4O4. The van der Waals surface area contributed by atoms with Crippen molar-refractivity contribution in [2.75, 3.05) is 21.3 Å². The summed E-state index contributed by atoms with van der Waals surface area (Å²) >= 11 is 0. The van der Waals surface area contributed by atoms with Gasteiger partial charge in [0.15, 0.2) is 0 Å². The molecule has 8 heteroatoms. The molecule has 0 radical (unpaired) electrons. The fourth-order valence-electron chi connectivity index (χ4n) is 2.56. The quantitative estimate of drug-likeness (QED) is 0.602. The molecule has 28 heavy (non-hydrogen) atoms. The van der Waals surface area contributed by atoms with Crippen molar-refractivity contribution in [2.24, 2.45) is 0 Å². The molecule has 0 aromatic heterocycles. The Hall–Kier alpha value is -4.20. The number of nitrogens with two attached hydrogens (primary N) is 2. The van der Waals surface area contributed by atoms with Crippen LogP contribution in [0.25, 0.3) is 0 Å². The standard InChI is InChI=1S/2C10H8N2O2/c2*11-7-1-3-8(4-2-7)12-9(13)5-6-10(12)14/h2*1-6H,11H2. The zero-order chi connectivity index (χ0) is 20.3. The van der Waals surface area contributed by atoms with E-state index < -0.39 is 0 Å². The van der Waals surface area contributed by atoms with E-state index in [1.165, 1.54) is 24.3 Å². The third-order valence-electron chi connectivity index (χ3n) is 3.92. The van der Waals surface area contributed by atoms with Crippen LogP contribution in [-0.4, -0.2) is 23.6 Å². The Labute approximate surface area is 160 Å². The summed E-state index contributed by atoms with van der Waals surface area (Å²) < 4.78 is 0. The third kappa shape index (κ3) is 3.80. The van der Waals surface area contributed by atoms with Gasteiger partial charge in [-0.05, 0) is 48.5 Å². The van der Waals surface area contributed by atoms with Crippen molar-refractivity contribution in [1.29, 1.82) is 0 Å². The maximum absolute atomic E-state index is 11.3. The molecule has 2 aliphatic heterocycles. The van der Waals surface area contributed by atoms with Crippen LogP contribution in [0.15, 0.2) is 72.8 Å². The second-order valence-corrected chi connectivity index (χ2v) is 5.87. The molecule has 2 aromatic rings. The first-order valence-corrected chi connectivity index (χ1v) is 8.20. The molecule has 0 fully saturated rings. The number of benzene rings is 2. The number of imide groups is 2. The van der Waals surface area contributed by atoms with Crippen molar-refractivity contribution in [3.05, 3.63) is 72.8 Å². The Morgan fingerprint density at radius 2 is 0.714 bits per heavy atom. The van der Waals surface area contributed by atoms with Crippen LogP contribution in [0.3, 0.4) is 0 Å². The van der Waals surface area contributed by atoms with E-state index in [1.54, 1.807) is 48.5 Å². The number of nitrogen functional groups attached to an aromatic ring is 2. The van der Waals surface area contributed by atoms with Gasteiger partial charge in [0.05, 0.1) is 11.4 Å². The molecule has 0 unspecified atom stereocenters. The van der Waals surface area contributed by atoms with Gasteiger partial charge >= 0.3 is 0 Å². The number of anilines is 4. The topological polar surface area (TPSA) is 127 Å². The molecule has 0 aliphatic carbocycles. The Balaban J connectivity index is 0.000000161. The van der Waals surface area contributed by atoms with Gasteiger partial charge in [0.1, 0.15) is 0 Å². The van der Waals surface area contributed by atoms with Crippen LogP contribution >= 0.6 is 0 Å². The van der Waals surface area contributed by atoms with Crippen molar-refractivity contribution in [1.82, 2.24) is 0 Å². The largest absolute Gasteiger partial charge is 0.399 e. The minimum Gasteiger partial charge on any atom is -0.399 e. The van der Waals surface area contributed by atoms with E-state index in [2.05, 4.69) is 0 Å². The first kappa shape index (κ1) is 18.6. The molecule has 2 heterocycles. The van der Waals surface area contributed by atoms with Gasteiger partial charge in [0.2, 0.25) is 0 Å². The summed E-state index contributed by atoms with van der Waals surface area (Å²) in [6.07, 6.45) is 4.99. The van der Waals surface area contributed by atoms with E-state index in [9.17, 15) is 19.2 Å². The lowest BCUT2D eigenvalue weighted by Crippen LogP contribution is -2.29. The SMILES string of the molecule is Nc1ccc(N2C(=O)C=CC2=O)cc1.Nc1ccc(N2C(=O)C=CC2=O)cc1. The molecule has 140 valence electrons. The molecule has 2 aromatic carbocycles. The predicted molar refractivity (Wildman–Crippen MR) is 105 cm³/mol. The maximum atomic E-state index is 11.3. The zero-order valence-electron chi connectivity index (χ0n) is 14.6. The van der Waals surface area contributed by atoms with Crippen molar-refractivity contribution in [3.8, 4) is 0 Å². The normalized spacial score (nSPS) is 15.3. The molecule has 0 bridgehead atoms. The maximum Gasteiger partial charge on any atom is 0.258 e. The van der Waals surface area contributed by atoms with E-state index in [1.807, 2.05) is 0 Å². The summed E-state index contributed by atoms with van der Waals surface area (Å²) in [6, 6.07) is 13.1. The summed E-state index contributed by atoms with van der Waals surface area (Å²) in [7, 11) is 0. The predicted octanol–water partition coefficient (Wildman–Crippen LogP) is 1.40. The Bertz CT molecular complexity index is 888. The highest BCUT2D eigenvalue weighted by atomic mass is 16.2.